The molecule has 0 heterocycles. The summed E-state index contributed by atoms with van der Waals surface area (Å²) in [6.07, 6.45) is 0.639. The second-order valence-corrected chi connectivity index (χ2v) is 3.04. The van der Waals surface area contributed by atoms with Gasteiger partial charge in [-0.25, -0.2) is 0 Å². The standard InChI is InChI=1S/C7H13N3/c1-6(10-9)4-7(2,3)5-8/h4,9H2,1-3H3/b10-6+. The summed E-state index contributed by atoms with van der Waals surface area (Å²) in [6, 6.07) is 2.17. The van der Waals surface area contributed by atoms with E-state index in [1.54, 1.807) is 0 Å². The molecule has 0 aromatic carbocycles. The van der Waals surface area contributed by atoms with E-state index in [1.165, 1.54) is 0 Å². The summed E-state index contributed by atoms with van der Waals surface area (Å²) in [7, 11) is 0. The van der Waals surface area contributed by atoms with Crippen LogP contribution in [0.2, 0.25) is 0 Å². The van der Waals surface area contributed by atoms with Crippen LogP contribution >= 0.6 is 0 Å². The fraction of sp³-hybridized carbons (Fsp3) is 0.714. The van der Waals surface area contributed by atoms with E-state index in [1.807, 2.05) is 20.8 Å². The highest BCUT2D eigenvalue weighted by atomic mass is 15.1. The number of nitrogens with two attached hydrogens (primary N) is 1. The van der Waals surface area contributed by atoms with Crippen LogP contribution in [0.15, 0.2) is 5.10 Å². The van der Waals surface area contributed by atoms with Gasteiger partial charge in [0.25, 0.3) is 0 Å². The van der Waals surface area contributed by atoms with Crippen molar-refractivity contribution >= 4 is 5.71 Å². The van der Waals surface area contributed by atoms with Gasteiger partial charge in [-0.15, -0.1) is 0 Å². The number of hydrazone groups is 1. The summed E-state index contributed by atoms with van der Waals surface area (Å²) in [5, 5.41) is 12.1. The second-order valence-electron chi connectivity index (χ2n) is 3.04. The van der Waals surface area contributed by atoms with E-state index < -0.39 is 0 Å². The van der Waals surface area contributed by atoms with Crippen molar-refractivity contribution in [3.05, 3.63) is 0 Å². The van der Waals surface area contributed by atoms with Gasteiger partial charge in [0, 0.05) is 12.1 Å². The third kappa shape index (κ3) is 3.08. The molecule has 3 heteroatoms. The first-order chi connectivity index (χ1) is 4.52. The highest BCUT2D eigenvalue weighted by molar-refractivity contribution is 5.82. The summed E-state index contributed by atoms with van der Waals surface area (Å²) >= 11 is 0. The molecule has 0 saturated carbocycles. The van der Waals surface area contributed by atoms with Crippen LogP contribution in [0.5, 0.6) is 0 Å². The molecule has 0 bridgehead atoms. The molecule has 0 unspecified atom stereocenters. The lowest BCUT2D eigenvalue weighted by molar-refractivity contribution is 0.519. The van der Waals surface area contributed by atoms with E-state index in [4.69, 9.17) is 11.1 Å². The van der Waals surface area contributed by atoms with Gasteiger partial charge in [0.15, 0.2) is 0 Å². The molecule has 0 rings (SSSR count). The fourth-order valence-electron chi connectivity index (χ4n) is 0.725. The molecule has 0 aromatic rings. The number of hydrogen-bond acceptors (Lipinski definition) is 3. The maximum Gasteiger partial charge on any atom is 0.0687 e. The van der Waals surface area contributed by atoms with Crippen molar-refractivity contribution in [3.63, 3.8) is 0 Å². The van der Waals surface area contributed by atoms with Crippen molar-refractivity contribution in [2.24, 2.45) is 16.4 Å². The molecule has 0 aliphatic carbocycles. The molecule has 0 amide bonds. The summed E-state index contributed by atoms with van der Waals surface area (Å²) in [4.78, 5) is 0. The highest BCUT2D eigenvalue weighted by Gasteiger charge is 2.17. The molecule has 0 aliphatic rings. The van der Waals surface area contributed by atoms with E-state index in [-0.39, 0.29) is 5.41 Å². The van der Waals surface area contributed by atoms with Gasteiger partial charge in [-0.05, 0) is 20.8 Å². The molecule has 0 radical (unpaired) electrons. The van der Waals surface area contributed by atoms with Crippen molar-refractivity contribution in [2.75, 3.05) is 0 Å². The molecule has 0 saturated heterocycles. The predicted octanol–water partition coefficient (Wildman–Crippen LogP) is 1.26. The summed E-state index contributed by atoms with van der Waals surface area (Å²) in [6.45, 7) is 5.54. The quantitative estimate of drug-likeness (QED) is 0.355. The van der Waals surface area contributed by atoms with Gasteiger partial charge in [0.2, 0.25) is 0 Å². The number of nitriles is 1. The average molecular weight is 139 g/mol. The number of rotatable bonds is 2. The SMILES string of the molecule is C/C(CC(C)(C)C#N)=N\N. The fourth-order valence-corrected chi connectivity index (χ4v) is 0.725. The Bertz CT molecular complexity index is 174. The Hall–Kier alpha value is -1.04. The molecule has 56 valence electrons. The van der Waals surface area contributed by atoms with Crippen LogP contribution in [0.3, 0.4) is 0 Å². The van der Waals surface area contributed by atoms with Gasteiger partial charge in [-0.3, -0.25) is 0 Å². The van der Waals surface area contributed by atoms with Gasteiger partial charge in [-0.2, -0.15) is 10.4 Å². The van der Waals surface area contributed by atoms with E-state index in [2.05, 4.69) is 11.2 Å². The second kappa shape index (κ2) is 3.21. The summed E-state index contributed by atoms with van der Waals surface area (Å²) in [5.41, 5.74) is 0.471. The van der Waals surface area contributed by atoms with Gasteiger partial charge in [0.05, 0.1) is 11.5 Å². The molecule has 0 aromatic heterocycles. The van der Waals surface area contributed by atoms with Crippen molar-refractivity contribution in [1.82, 2.24) is 0 Å². The zero-order valence-corrected chi connectivity index (χ0v) is 6.68. The van der Waals surface area contributed by atoms with Crippen LogP contribution in [-0.4, -0.2) is 5.71 Å². The molecule has 0 atom stereocenters. The molecular formula is C7H13N3. The Morgan fingerprint density at radius 2 is 2.20 bits per heavy atom. The van der Waals surface area contributed by atoms with E-state index in [9.17, 15) is 0 Å². The first-order valence-electron chi connectivity index (χ1n) is 3.16. The van der Waals surface area contributed by atoms with Crippen LogP contribution < -0.4 is 5.84 Å². The van der Waals surface area contributed by atoms with Gasteiger partial charge >= 0.3 is 0 Å². The Morgan fingerprint density at radius 1 is 1.70 bits per heavy atom. The maximum atomic E-state index is 8.59. The molecule has 10 heavy (non-hydrogen) atoms. The van der Waals surface area contributed by atoms with Crippen molar-refractivity contribution < 1.29 is 0 Å². The lowest BCUT2D eigenvalue weighted by Crippen LogP contribution is -2.13. The Kier molecular flexibility index (Phi) is 2.88. The Balaban J connectivity index is 4.05. The highest BCUT2D eigenvalue weighted by Crippen LogP contribution is 2.18. The van der Waals surface area contributed by atoms with Crippen LogP contribution in [-0.2, 0) is 0 Å². The molecule has 0 aliphatic heterocycles. The molecule has 0 spiro atoms. The minimum absolute atomic E-state index is 0.340. The van der Waals surface area contributed by atoms with Crippen molar-refractivity contribution in [3.8, 4) is 6.07 Å². The zero-order valence-electron chi connectivity index (χ0n) is 6.68. The summed E-state index contributed by atoms with van der Waals surface area (Å²) < 4.78 is 0. The smallest absolute Gasteiger partial charge is 0.0687 e. The van der Waals surface area contributed by atoms with E-state index >= 15 is 0 Å². The van der Waals surface area contributed by atoms with Crippen LogP contribution in [0.4, 0.5) is 0 Å². The van der Waals surface area contributed by atoms with Gasteiger partial charge in [-0.1, -0.05) is 0 Å². The third-order valence-corrected chi connectivity index (χ3v) is 1.22. The van der Waals surface area contributed by atoms with E-state index in [0.717, 1.165) is 5.71 Å². The van der Waals surface area contributed by atoms with Gasteiger partial charge in [0.1, 0.15) is 0 Å². The maximum absolute atomic E-state index is 8.59. The first-order valence-corrected chi connectivity index (χ1v) is 3.16. The lowest BCUT2D eigenvalue weighted by atomic mass is 9.89. The van der Waals surface area contributed by atoms with Crippen LogP contribution in [0.1, 0.15) is 27.2 Å². The molecular weight excluding hydrogens is 126 g/mol. The lowest BCUT2D eigenvalue weighted by Gasteiger charge is -2.12. The van der Waals surface area contributed by atoms with Crippen LogP contribution in [0, 0.1) is 16.7 Å². The van der Waals surface area contributed by atoms with Gasteiger partial charge < -0.3 is 5.84 Å². The number of hydrogen-bond donors (Lipinski definition) is 1. The van der Waals surface area contributed by atoms with Crippen molar-refractivity contribution in [2.45, 2.75) is 27.2 Å². The number of nitrogens with zero attached hydrogens (tertiary/aromatic N) is 2. The van der Waals surface area contributed by atoms with Crippen molar-refractivity contribution in [1.29, 1.82) is 5.26 Å². The largest absolute Gasteiger partial charge is 0.323 e. The Morgan fingerprint density at radius 3 is 2.50 bits per heavy atom. The molecule has 2 N–H and O–H groups in total. The average Bonchev–Trinajstić information content (AvgIpc) is 1.87. The topological polar surface area (TPSA) is 62.2 Å². The van der Waals surface area contributed by atoms with Crippen LogP contribution in [0.25, 0.3) is 0 Å². The Labute approximate surface area is 61.5 Å². The molecule has 3 nitrogen and oxygen atoms in total. The minimum Gasteiger partial charge on any atom is -0.323 e. The summed E-state index contributed by atoms with van der Waals surface area (Å²) in [5.74, 6) is 5.01. The third-order valence-electron chi connectivity index (χ3n) is 1.22. The zero-order chi connectivity index (χ0) is 8.20. The monoisotopic (exact) mass is 139 g/mol. The van der Waals surface area contributed by atoms with E-state index in [0.29, 0.717) is 6.42 Å². The predicted molar refractivity (Wildman–Crippen MR) is 41.3 cm³/mol. The molecule has 0 fully saturated rings. The normalized spacial score (nSPS) is 12.8. The first kappa shape index (κ1) is 8.96. The minimum atomic E-state index is -0.340.